The largest absolute Gasteiger partial charge is 0.393 e. The van der Waals surface area contributed by atoms with Crippen LogP contribution in [0.3, 0.4) is 0 Å². The molecule has 0 amide bonds. The van der Waals surface area contributed by atoms with Gasteiger partial charge >= 0.3 is 0 Å². The Morgan fingerprint density at radius 1 is 1.29 bits per heavy atom. The molecule has 1 saturated carbocycles. The van der Waals surface area contributed by atoms with Crippen molar-refractivity contribution in [3.05, 3.63) is 0 Å². The molecule has 1 aliphatic carbocycles. The average molecular weight is 215 g/mol. The van der Waals surface area contributed by atoms with Crippen molar-refractivity contribution in [3.8, 4) is 0 Å². The molecule has 0 aliphatic heterocycles. The minimum atomic E-state index is 0.626. The van der Waals surface area contributed by atoms with E-state index in [1.54, 1.807) is 0 Å². The van der Waals surface area contributed by atoms with Crippen molar-refractivity contribution < 1.29 is 4.74 Å². The number of hydrogen-bond donors (Lipinski definition) is 1. The Kier molecular flexibility index (Phi) is 6.12. The minimum absolute atomic E-state index is 0.626. The molecule has 1 rings (SSSR count). The molecule has 0 aromatic heterocycles. The van der Waals surface area contributed by atoms with E-state index in [0.29, 0.717) is 4.99 Å². The van der Waals surface area contributed by atoms with Crippen molar-refractivity contribution in [2.75, 3.05) is 13.2 Å². The molecular weight excluding hydrogens is 194 g/mol. The van der Waals surface area contributed by atoms with Gasteiger partial charge in [0.15, 0.2) is 0 Å². The van der Waals surface area contributed by atoms with Gasteiger partial charge in [0.2, 0.25) is 0 Å². The lowest BCUT2D eigenvalue weighted by atomic mass is 10.1. The van der Waals surface area contributed by atoms with Crippen LogP contribution in [0.25, 0.3) is 0 Å². The molecule has 82 valence electrons. The predicted molar refractivity (Wildman–Crippen MR) is 63.4 cm³/mol. The SMILES string of the molecule is NC(=S)CCCCOCC1CCCC1. The number of unbranched alkanes of at least 4 members (excludes halogenated alkanes) is 1. The second-order valence-corrected chi connectivity index (χ2v) is 4.67. The smallest absolute Gasteiger partial charge is 0.0727 e. The molecule has 0 heterocycles. The summed E-state index contributed by atoms with van der Waals surface area (Å²) in [5.41, 5.74) is 5.40. The summed E-state index contributed by atoms with van der Waals surface area (Å²) in [6.07, 6.45) is 8.55. The molecule has 1 aliphatic rings. The topological polar surface area (TPSA) is 35.2 Å². The zero-order valence-electron chi connectivity index (χ0n) is 8.84. The Morgan fingerprint density at radius 3 is 2.64 bits per heavy atom. The maximum Gasteiger partial charge on any atom is 0.0727 e. The van der Waals surface area contributed by atoms with Gasteiger partial charge in [-0.05, 0) is 38.0 Å². The molecule has 2 N–H and O–H groups in total. The van der Waals surface area contributed by atoms with E-state index in [0.717, 1.165) is 38.4 Å². The van der Waals surface area contributed by atoms with Crippen molar-refractivity contribution in [2.45, 2.75) is 44.9 Å². The Morgan fingerprint density at radius 2 is 2.00 bits per heavy atom. The van der Waals surface area contributed by atoms with E-state index in [9.17, 15) is 0 Å². The third-order valence-electron chi connectivity index (χ3n) is 2.79. The van der Waals surface area contributed by atoms with Gasteiger partial charge in [-0.25, -0.2) is 0 Å². The molecule has 1 fully saturated rings. The molecule has 0 radical (unpaired) electrons. The van der Waals surface area contributed by atoms with Gasteiger partial charge in [-0.2, -0.15) is 0 Å². The van der Waals surface area contributed by atoms with Crippen LogP contribution in [0.4, 0.5) is 0 Å². The highest BCUT2D eigenvalue weighted by Crippen LogP contribution is 2.24. The van der Waals surface area contributed by atoms with Crippen molar-refractivity contribution >= 4 is 17.2 Å². The van der Waals surface area contributed by atoms with Crippen LogP contribution in [0, 0.1) is 5.92 Å². The summed E-state index contributed by atoms with van der Waals surface area (Å²) in [7, 11) is 0. The summed E-state index contributed by atoms with van der Waals surface area (Å²) in [6.45, 7) is 1.84. The number of ether oxygens (including phenoxy) is 1. The van der Waals surface area contributed by atoms with Gasteiger partial charge in [-0.3, -0.25) is 0 Å². The quantitative estimate of drug-likeness (QED) is 0.524. The Bertz CT molecular complexity index is 167. The van der Waals surface area contributed by atoms with Crippen molar-refractivity contribution in [2.24, 2.45) is 11.7 Å². The van der Waals surface area contributed by atoms with Gasteiger partial charge in [0.25, 0.3) is 0 Å². The fourth-order valence-corrected chi connectivity index (χ4v) is 2.07. The molecule has 0 unspecified atom stereocenters. The zero-order chi connectivity index (χ0) is 10.2. The standard InChI is InChI=1S/C11H21NOS/c12-11(14)7-3-4-8-13-9-10-5-1-2-6-10/h10H,1-9H2,(H2,12,14). The molecular formula is C11H21NOS. The van der Waals surface area contributed by atoms with E-state index in [1.165, 1.54) is 25.7 Å². The highest BCUT2D eigenvalue weighted by atomic mass is 32.1. The van der Waals surface area contributed by atoms with Gasteiger partial charge < -0.3 is 10.5 Å². The van der Waals surface area contributed by atoms with E-state index >= 15 is 0 Å². The van der Waals surface area contributed by atoms with E-state index in [-0.39, 0.29) is 0 Å². The molecule has 0 aromatic rings. The average Bonchev–Trinajstić information content (AvgIpc) is 2.63. The van der Waals surface area contributed by atoms with Crippen molar-refractivity contribution in [3.63, 3.8) is 0 Å². The van der Waals surface area contributed by atoms with Crippen LogP contribution in [-0.2, 0) is 4.74 Å². The lowest BCUT2D eigenvalue weighted by molar-refractivity contribution is 0.0986. The Hall–Kier alpha value is -0.150. The third kappa shape index (κ3) is 5.55. The summed E-state index contributed by atoms with van der Waals surface area (Å²) in [5, 5.41) is 0. The van der Waals surface area contributed by atoms with Crippen molar-refractivity contribution in [1.82, 2.24) is 0 Å². The first-order valence-electron chi connectivity index (χ1n) is 5.65. The Labute approximate surface area is 92.2 Å². The summed E-state index contributed by atoms with van der Waals surface area (Å²) in [5.74, 6) is 0.839. The van der Waals surface area contributed by atoms with Crippen LogP contribution in [0.1, 0.15) is 44.9 Å². The summed E-state index contributed by atoms with van der Waals surface area (Å²) >= 11 is 4.80. The summed E-state index contributed by atoms with van der Waals surface area (Å²) in [6, 6.07) is 0. The normalized spacial score (nSPS) is 17.4. The molecule has 0 atom stereocenters. The van der Waals surface area contributed by atoms with Crippen molar-refractivity contribution in [1.29, 1.82) is 0 Å². The van der Waals surface area contributed by atoms with Crippen LogP contribution >= 0.6 is 12.2 Å². The number of rotatable bonds is 7. The molecule has 2 nitrogen and oxygen atoms in total. The lowest BCUT2D eigenvalue weighted by Gasteiger charge is -2.09. The second kappa shape index (κ2) is 7.18. The van der Waals surface area contributed by atoms with E-state index in [1.807, 2.05) is 0 Å². The van der Waals surface area contributed by atoms with Crippen LogP contribution in [0.2, 0.25) is 0 Å². The molecule has 0 saturated heterocycles. The first-order valence-corrected chi connectivity index (χ1v) is 6.06. The van der Waals surface area contributed by atoms with Gasteiger partial charge in [-0.1, -0.05) is 25.1 Å². The summed E-state index contributed by atoms with van der Waals surface area (Å²) in [4.78, 5) is 0.626. The highest BCUT2D eigenvalue weighted by molar-refractivity contribution is 7.80. The zero-order valence-corrected chi connectivity index (χ0v) is 9.65. The maximum absolute atomic E-state index is 5.62. The maximum atomic E-state index is 5.62. The monoisotopic (exact) mass is 215 g/mol. The van der Waals surface area contributed by atoms with E-state index < -0.39 is 0 Å². The molecule has 0 spiro atoms. The van der Waals surface area contributed by atoms with Gasteiger partial charge in [0.05, 0.1) is 4.99 Å². The predicted octanol–water partition coefficient (Wildman–Crippen LogP) is 2.65. The van der Waals surface area contributed by atoms with E-state index in [4.69, 9.17) is 22.7 Å². The first-order chi connectivity index (χ1) is 6.79. The molecule has 14 heavy (non-hydrogen) atoms. The van der Waals surface area contributed by atoms with Gasteiger partial charge in [0, 0.05) is 13.2 Å². The second-order valence-electron chi connectivity index (χ2n) is 4.15. The minimum Gasteiger partial charge on any atom is -0.393 e. The number of nitrogens with two attached hydrogens (primary N) is 1. The molecule has 0 aromatic carbocycles. The highest BCUT2D eigenvalue weighted by Gasteiger charge is 2.14. The van der Waals surface area contributed by atoms with Crippen LogP contribution < -0.4 is 5.73 Å². The third-order valence-corrected chi connectivity index (χ3v) is 2.99. The van der Waals surface area contributed by atoms with Gasteiger partial charge in [0.1, 0.15) is 0 Å². The van der Waals surface area contributed by atoms with Crippen LogP contribution in [0.5, 0.6) is 0 Å². The number of hydrogen-bond acceptors (Lipinski definition) is 2. The lowest BCUT2D eigenvalue weighted by Crippen LogP contribution is -2.09. The van der Waals surface area contributed by atoms with E-state index in [2.05, 4.69) is 0 Å². The fraction of sp³-hybridized carbons (Fsp3) is 0.909. The molecule has 0 bridgehead atoms. The fourth-order valence-electron chi connectivity index (χ4n) is 1.93. The Balaban J connectivity index is 1.82. The number of thiocarbonyl (C=S) groups is 1. The van der Waals surface area contributed by atoms with Crippen LogP contribution in [0.15, 0.2) is 0 Å². The summed E-state index contributed by atoms with van der Waals surface area (Å²) < 4.78 is 5.62. The first kappa shape index (κ1) is 11.9. The van der Waals surface area contributed by atoms with Crippen LogP contribution in [-0.4, -0.2) is 18.2 Å². The van der Waals surface area contributed by atoms with Gasteiger partial charge in [-0.15, -0.1) is 0 Å². The molecule has 3 heteroatoms.